The quantitative estimate of drug-likeness (QED) is 0.699. The average Bonchev–Trinajstić information content (AvgIpc) is 2.33. The van der Waals surface area contributed by atoms with Gasteiger partial charge in [0.15, 0.2) is 0 Å². The summed E-state index contributed by atoms with van der Waals surface area (Å²) < 4.78 is 5.05. The summed E-state index contributed by atoms with van der Waals surface area (Å²) in [5.74, 6) is 0.622. The minimum atomic E-state index is 0.622. The van der Waals surface area contributed by atoms with E-state index in [9.17, 15) is 0 Å². The van der Waals surface area contributed by atoms with E-state index in [1.165, 1.54) is 24.0 Å². The van der Waals surface area contributed by atoms with E-state index in [1.807, 2.05) is 0 Å². The van der Waals surface area contributed by atoms with Gasteiger partial charge in [0.05, 0.1) is 6.61 Å². The lowest BCUT2D eigenvalue weighted by atomic mass is 9.93. The van der Waals surface area contributed by atoms with Crippen molar-refractivity contribution in [3.8, 4) is 0 Å². The van der Waals surface area contributed by atoms with Gasteiger partial charge in [-0.15, -0.1) is 0 Å². The van der Waals surface area contributed by atoms with E-state index in [1.54, 1.807) is 7.11 Å². The van der Waals surface area contributed by atoms with Crippen LogP contribution in [0.1, 0.15) is 36.8 Å². The first kappa shape index (κ1) is 14.2. The Morgan fingerprint density at radius 2 is 2.18 bits per heavy atom. The zero-order chi connectivity index (χ0) is 12.5. The highest BCUT2D eigenvalue weighted by atomic mass is 16.5. The van der Waals surface area contributed by atoms with E-state index in [0.717, 1.165) is 19.7 Å². The van der Waals surface area contributed by atoms with Gasteiger partial charge >= 0.3 is 0 Å². The molecule has 1 atom stereocenters. The predicted molar refractivity (Wildman–Crippen MR) is 73.6 cm³/mol. The molecule has 96 valence electrons. The lowest BCUT2D eigenvalue weighted by Gasteiger charge is -2.18. The van der Waals surface area contributed by atoms with E-state index < -0.39 is 0 Å². The van der Waals surface area contributed by atoms with Gasteiger partial charge in [0.2, 0.25) is 0 Å². The molecule has 1 aromatic carbocycles. The van der Waals surface area contributed by atoms with Gasteiger partial charge in [-0.25, -0.2) is 0 Å². The van der Waals surface area contributed by atoms with Crippen LogP contribution < -0.4 is 5.32 Å². The third-order valence-electron chi connectivity index (χ3n) is 3.02. The van der Waals surface area contributed by atoms with Gasteiger partial charge < -0.3 is 10.1 Å². The predicted octanol–water partition coefficient (Wildman–Crippen LogP) is 3.11. The van der Waals surface area contributed by atoms with E-state index in [4.69, 9.17) is 4.74 Å². The summed E-state index contributed by atoms with van der Waals surface area (Å²) in [4.78, 5) is 0. The summed E-state index contributed by atoms with van der Waals surface area (Å²) in [6.45, 7) is 7.17. The molecule has 0 aliphatic heterocycles. The molecule has 0 amide bonds. The maximum atomic E-state index is 5.05. The molecule has 0 saturated carbocycles. The highest BCUT2D eigenvalue weighted by molar-refractivity contribution is 5.25. The molecule has 2 nitrogen and oxygen atoms in total. The Labute approximate surface area is 105 Å². The van der Waals surface area contributed by atoms with E-state index in [0.29, 0.717) is 5.92 Å². The summed E-state index contributed by atoms with van der Waals surface area (Å²) in [5, 5.41) is 3.46. The van der Waals surface area contributed by atoms with Crippen LogP contribution in [0.25, 0.3) is 0 Å². The first-order valence-electron chi connectivity index (χ1n) is 6.54. The molecule has 0 spiro atoms. The zero-order valence-corrected chi connectivity index (χ0v) is 11.3. The molecule has 0 aliphatic rings. The van der Waals surface area contributed by atoms with Gasteiger partial charge in [-0.05, 0) is 24.8 Å². The lowest BCUT2D eigenvalue weighted by molar-refractivity contribution is 0.198. The van der Waals surface area contributed by atoms with Gasteiger partial charge in [-0.3, -0.25) is 0 Å². The van der Waals surface area contributed by atoms with Crippen molar-refractivity contribution in [1.82, 2.24) is 5.32 Å². The molecule has 0 saturated heterocycles. The molecule has 0 fully saturated rings. The van der Waals surface area contributed by atoms with Crippen LogP contribution in [0.2, 0.25) is 0 Å². The minimum Gasteiger partial charge on any atom is -0.383 e. The van der Waals surface area contributed by atoms with Crippen molar-refractivity contribution in [2.24, 2.45) is 0 Å². The number of hydrogen-bond acceptors (Lipinski definition) is 2. The van der Waals surface area contributed by atoms with Crippen LogP contribution in [0, 0.1) is 6.92 Å². The highest BCUT2D eigenvalue weighted by Crippen LogP contribution is 2.21. The number of methoxy groups -OCH3 is 1. The van der Waals surface area contributed by atoms with Crippen LogP contribution in [0.4, 0.5) is 0 Å². The largest absolute Gasteiger partial charge is 0.383 e. The number of nitrogens with one attached hydrogen (secondary N) is 1. The van der Waals surface area contributed by atoms with Crippen LogP contribution in [0.3, 0.4) is 0 Å². The molecule has 0 aromatic heterocycles. The highest BCUT2D eigenvalue weighted by Gasteiger charge is 2.09. The molecule has 1 aromatic rings. The van der Waals surface area contributed by atoms with Crippen molar-refractivity contribution < 1.29 is 4.74 Å². The average molecular weight is 235 g/mol. The van der Waals surface area contributed by atoms with Crippen LogP contribution in [0.15, 0.2) is 24.3 Å². The van der Waals surface area contributed by atoms with Crippen molar-refractivity contribution >= 4 is 0 Å². The molecule has 2 heteroatoms. The maximum Gasteiger partial charge on any atom is 0.0587 e. The summed E-state index contributed by atoms with van der Waals surface area (Å²) in [6.07, 6.45) is 2.47. The monoisotopic (exact) mass is 235 g/mol. The Kier molecular flexibility index (Phi) is 6.90. The number of benzene rings is 1. The Balaban J connectivity index is 2.52. The second kappa shape index (κ2) is 8.26. The normalized spacial score (nSPS) is 12.6. The smallest absolute Gasteiger partial charge is 0.0587 e. The van der Waals surface area contributed by atoms with Gasteiger partial charge in [-0.1, -0.05) is 43.2 Å². The van der Waals surface area contributed by atoms with Crippen LogP contribution in [-0.4, -0.2) is 26.8 Å². The second-order valence-corrected chi connectivity index (χ2v) is 4.60. The van der Waals surface area contributed by atoms with E-state index >= 15 is 0 Å². The number of rotatable bonds is 8. The van der Waals surface area contributed by atoms with Crippen molar-refractivity contribution in [3.05, 3.63) is 35.4 Å². The van der Waals surface area contributed by atoms with E-state index in [-0.39, 0.29) is 0 Å². The van der Waals surface area contributed by atoms with Crippen LogP contribution >= 0.6 is 0 Å². The first-order valence-corrected chi connectivity index (χ1v) is 6.54. The summed E-state index contributed by atoms with van der Waals surface area (Å²) >= 11 is 0. The molecule has 1 rings (SSSR count). The summed E-state index contributed by atoms with van der Waals surface area (Å²) in [6, 6.07) is 8.86. The topological polar surface area (TPSA) is 21.3 Å². The molecule has 0 bridgehead atoms. The molecule has 0 heterocycles. The molecule has 0 radical (unpaired) electrons. The maximum absolute atomic E-state index is 5.05. The Morgan fingerprint density at radius 3 is 2.82 bits per heavy atom. The first-order chi connectivity index (χ1) is 8.27. The van der Waals surface area contributed by atoms with E-state index in [2.05, 4.69) is 43.4 Å². The molecular weight excluding hydrogens is 210 g/mol. The van der Waals surface area contributed by atoms with Crippen molar-refractivity contribution in [2.75, 3.05) is 26.8 Å². The molecule has 1 N–H and O–H groups in total. The van der Waals surface area contributed by atoms with Crippen molar-refractivity contribution in [3.63, 3.8) is 0 Å². The minimum absolute atomic E-state index is 0.622. The Morgan fingerprint density at radius 1 is 1.35 bits per heavy atom. The fraction of sp³-hybridized carbons (Fsp3) is 0.600. The molecule has 1 unspecified atom stereocenters. The van der Waals surface area contributed by atoms with Gasteiger partial charge in [-0.2, -0.15) is 0 Å². The lowest BCUT2D eigenvalue weighted by Crippen LogP contribution is -2.25. The zero-order valence-electron chi connectivity index (χ0n) is 11.3. The number of aryl methyl sites for hydroxylation is 1. The van der Waals surface area contributed by atoms with Crippen LogP contribution in [-0.2, 0) is 4.74 Å². The van der Waals surface area contributed by atoms with Gasteiger partial charge in [0.1, 0.15) is 0 Å². The Hall–Kier alpha value is -0.860. The summed E-state index contributed by atoms with van der Waals surface area (Å²) in [5.41, 5.74) is 2.80. The van der Waals surface area contributed by atoms with Crippen molar-refractivity contribution in [1.29, 1.82) is 0 Å². The summed E-state index contributed by atoms with van der Waals surface area (Å²) in [7, 11) is 1.74. The number of ether oxygens (including phenoxy) is 1. The second-order valence-electron chi connectivity index (χ2n) is 4.60. The molecular formula is C15H25NO. The fourth-order valence-electron chi connectivity index (χ4n) is 2.11. The van der Waals surface area contributed by atoms with Gasteiger partial charge in [0, 0.05) is 20.2 Å². The third kappa shape index (κ3) is 5.33. The fourth-order valence-corrected chi connectivity index (χ4v) is 2.11. The van der Waals surface area contributed by atoms with Gasteiger partial charge in [0.25, 0.3) is 0 Å². The SMILES string of the molecule is CCCC(CNCCOC)c1cccc(C)c1. The molecule has 17 heavy (non-hydrogen) atoms. The molecule has 0 aliphatic carbocycles. The van der Waals surface area contributed by atoms with Crippen LogP contribution in [0.5, 0.6) is 0 Å². The Bertz CT molecular complexity index is 312. The standard InChI is InChI=1S/C15H25NO/c1-4-6-15(12-16-9-10-17-3)14-8-5-7-13(2)11-14/h5,7-8,11,15-16H,4,6,9-10,12H2,1-3H3. The van der Waals surface area contributed by atoms with Crippen molar-refractivity contribution in [2.45, 2.75) is 32.6 Å². The third-order valence-corrected chi connectivity index (χ3v) is 3.02. The number of hydrogen-bond donors (Lipinski definition) is 1.